The number of unbranched alkanes of at least 4 members (excludes halogenated alkanes) is 1. The van der Waals surface area contributed by atoms with E-state index in [9.17, 15) is 0 Å². The molecule has 0 atom stereocenters. The molecule has 0 saturated heterocycles. The monoisotopic (exact) mass is 447 g/mol. The van der Waals surface area contributed by atoms with Gasteiger partial charge in [-0.3, -0.25) is 0 Å². The lowest BCUT2D eigenvalue weighted by Gasteiger charge is -2.21. The highest BCUT2D eigenvalue weighted by Crippen LogP contribution is 2.31. The lowest BCUT2D eigenvalue weighted by atomic mass is 9.89. The van der Waals surface area contributed by atoms with Crippen LogP contribution in [0, 0.1) is 5.41 Å². The molecule has 1 aromatic rings. The first-order valence-electron chi connectivity index (χ1n) is 12.7. The summed E-state index contributed by atoms with van der Waals surface area (Å²) < 4.78 is 0. The van der Waals surface area contributed by atoms with Crippen molar-refractivity contribution in [2.75, 3.05) is 11.9 Å². The summed E-state index contributed by atoms with van der Waals surface area (Å²) >= 11 is 0. The first-order chi connectivity index (χ1) is 15.9. The van der Waals surface area contributed by atoms with Crippen molar-refractivity contribution in [3.8, 4) is 0 Å². The Kier molecular flexibility index (Phi) is 11.4. The molecule has 0 heterocycles. The lowest BCUT2D eigenvalue weighted by molar-refractivity contribution is 0.641. The van der Waals surface area contributed by atoms with Crippen LogP contribution in [0.2, 0.25) is 0 Å². The number of anilines is 1. The van der Waals surface area contributed by atoms with Crippen molar-refractivity contribution < 1.29 is 0 Å². The maximum atomic E-state index is 8.27. The second-order valence-corrected chi connectivity index (χ2v) is 9.69. The summed E-state index contributed by atoms with van der Waals surface area (Å²) in [5.74, 6) is 0. The highest BCUT2D eigenvalue weighted by atomic mass is 14.9. The molecule has 180 valence electrons. The summed E-state index contributed by atoms with van der Waals surface area (Å²) in [4.78, 5) is 0. The Labute approximate surface area is 202 Å². The van der Waals surface area contributed by atoms with Gasteiger partial charge in [-0.25, -0.2) is 0 Å². The minimum absolute atomic E-state index is 0.512. The fraction of sp³-hybridized carbons (Fsp3) is 0.500. The quantitative estimate of drug-likeness (QED) is 0.117. The SMILES string of the molecule is C=CC/C(C=C(C)C)=C(\Cc1cc(CNCCCC)cc(NC2CCCC2)c1C=N)C(=C)C. The molecule has 0 aromatic heterocycles. The fourth-order valence-electron chi connectivity index (χ4n) is 4.64. The minimum atomic E-state index is 0.512. The summed E-state index contributed by atoms with van der Waals surface area (Å²) in [5, 5.41) is 15.7. The molecule has 0 radical (unpaired) electrons. The van der Waals surface area contributed by atoms with Gasteiger partial charge in [-0.15, -0.1) is 6.58 Å². The van der Waals surface area contributed by atoms with Gasteiger partial charge in [0.1, 0.15) is 0 Å². The van der Waals surface area contributed by atoms with Crippen LogP contribution >= 0.6 is 0 Å². The first kappa shape index (κ1) is 26.9. The molecule has 33 heavy (non-hydrogen) atoms. The highest BCUT2D eigenvalue weighted by Gasteiger charge is 2.19. The molecule has 3 nitrogen and oxygen atoms in total. The fourth-order valence-corrected chi connectivity index (χ4v) is 4.64. The van der Waals surface area contributed by atoms with Crippen molar-refractivity contribution >= 4 is 11.9 Å². The minimum Gasteiger partial charge on any atom is -0.382 e. The van der Waals surface area contributed by atoms with Gasteiger partial charge in [0, 0.05) is 30.1 Å². The number of hydrogen-bond acceptors (Lipinski definition) is 3. The molecule has 0 amide bonds. The van der Waals surface area contributed by atoms with Crippen LogP contribution in [0.3, 0.4) is 0 Å². The van der Waals surface area contributed by atoms with Gasteiger partial charge in [0.2, 0.25) is 0 Å². The predicted molar refractivity (Wildman–Crippen MR) is 147 cm³/mol. The van der Waals surface area contributed by atoms with Crippen molar-refractivity contribution in [1.29, 1.82) is 5.41 Å². The summed E-state index contributed by atoms with van der Waals surface area (Å²) in [6.45, 7) is 18.8. The molecule has 1 aromatic carbocycles. The smallest absolute Gasteiger partial charge is 0.0437 e. The van der Waals surface area contributed by atoms with Crippen LogP contribution in [0.4, 0.5) is 5.69 Å². The number of nitrogens with one attached hydrogen (secondary N) is 3. The van der Waals surface area contributed by atoms with Gasteiger partial charge in [0.25, 0.3) is 0 Å². The van der Waals surface area contributed by atoms with Crippen LogP contribution in [0.15, 0.2) is 59.7 Å². The van der Waals surface area contributed by atoms with E-state index in [1.54, 1.807) is 0 Å². The zero-order chi connectivity index (χ0) is 24.2. The molecule has 1 aliphatic rings. The van der Waals surface area contributed by atoms with E-state index in [2.05, 4.69) is 69.7 Å². The van der Waals surface area contributed by atoms with Crippen LogP contribution in [0.5, 0.6) is 0 Å². The molecule has 0 spiro atoms. The van der Waals surface area contributed by atoms with Crippen LogP contribution < -0.4 is 10.6 Å². The van der Waals surface area contributed by atoms with Gasteiger partial charge in [-0.05, 0) is 87.8 Å². The molecular formula is C30H45N3. The standard InChI is InChI=1S/C30H45N3/c1-7-9-15-32-21-24-17-26(19-28(23(5)6)25(12-8-2)16-22(3)4)29(20-31)30(18-24)33-27-13-10-11-14-27/h8,16-18,20,27,31-33H,2,5,7,9-15,19,21H2,1,3-4,6H3/b28-25-,31-20?. The Bertz CT molecular complexity index is 878. The molecule has 1 saturated carbocycles. The molecule has 1 fully saturated rings. The largest absolute Gasteiger partial charge is 0.382 e. The van der Waals surface area contributed by atoms with Gasteiger partial charge >= 0.3 is 0 Å². The zero-order valence-electron chi connectivity index (χ0n) is 21.4. The van der Waals surface area contributed by atoms with E-state index < -0.39 is 0 Å². The molecule has 1 aliphatic carbocycles. The number of rotatable bonds is 14. The van der Waals surface area contributed by atoms with Gasteiger partial charge in [0.05, 0.1) is 0 Å². The molecule has 3 N–H and O–H groups in total. The summed E-state index contributed by atoms with van der Waals surface area (Å²) in [5.41, 5.74) is 9.46. The van der Waals surface area contributed by atoms with Crippen molar-refractivity contribution in [3.63, 3.8) is 0 Å². The lowest BCUT2D eigenvalue weighted by Crippen LogP contribution is -2.19. The molecular weight excluding hydrogens is 402 g/mol. The van der Waals surface area contributed by atoms with E-state index in [4.69, 9.17) is 5.41 Å². The second kappa shape index (κ2) is 14.0. The summed E-state index contributed by atoms with van der Waals surface area (Å²) in [6.07, 6.45) is 14.7. The average molecular weight is 448 g/mol. The van der Waals surface area contributed by atoms with Crippen molar-refractivity contribution in [3.05, 3.63) is 76.4 Å². The maximum Gasteiger partial charge on any atom is 0.0437 e. The Balaban J connectivity index is 2.51. The van der Waals surface area contributed by atoms with Crippen molar-refractivity contribution in [2.45, 2.75) is 91.6 Å². The highest BCUT2D eigenvalue weighted by molar-refractivity contribution is 5.88. The van der Waals surface area contributed by atoms with Crippen LogP contribution in [-0.2, 0) is 13.0 Å². The number of hydrogen-bond donors (Lipinski definition) is 3. The number of allylic oxidation sites excluding steroid dienone is 6. The van der Waals surface area contributed by atoms with E-state index >= 15 is 0 Å². The predicted octanol–water partition coefficient (Wildman–Crippen LogP) is 7.89. The van der Waals surface area contributed by atoms with E-state index in [-0.39, 0.29) is 0 Å². The first-order valence-corrected chi connectivity index (χ1v) is 12.7. The number of benzene rings is 1. The molecule has 0 unspecified atom stereocenters. The topological polar surface area (TPSA) is 47.9 Å². The third-order valence-electron chi connectivity index (χ3n) is 6.32. The third kappa shape index (κ3) is 8.47. The Morgan fingerprint density at radius 2 is 1.91 bits per heavy atom. The van der Waals surface area contributed by atoms with Gasteiger partial charge in [0.15, 0.2) is 0 Å². The molecule has 2 rings (SSSR count). The zero-order valence-corrected chi connectivity index (χ0v) is 21.4. The summed E-state index contributed by atoms with van der Waals surface area (Å²) in [6, 6.07) is 5.06. The maximum absolute atomic E-state index is 8.27. The van der Waals surface area contributed by atoms with E-state index in [1.807, 2.05) is 6.08 Å². The third-order valence-corrected chi connectivity index (χ3v) is 6.32. The molecule has 3 heteroatoms. The van der Waals surface area contributed by atoms with Crippen LogP contribution in [0.1, 0.15) is 89.3 Å². The van der Waals surface area contributed by atoms with Crippen LogP contribution in [-0.4, -0.2) is 18.8 Å². The van der Waals surface area contributed by atoms with Crippen LogP contribution in [0.25, 0.3) is 0 Å². The van der Waals surface area contributed by atoms with Gasteiger partial charge in [-0.1, -0.05) is 62.1 Å². The second-order valence-electron chi connectivity index (χ2n) is 9.69. The normalized spacial score (nSPS) is 14.5. The Hall–Kier alpha value is -2.39. The average Bonchev–Trinajstić information content (AvgIpc) is 3.27. The van der Waals surface area contributed by atoms with E-state index in [1.165, 1.54) is 72.6 Å². The summed E-state index contributed by atoms with van der Waals surface area (Å²) in [7, 11) is 0. The van der Waals surface area contributed by atoms with Gasteiger partial charge in [-0.2, -0.15) is 0 Å². The molecule has 0 aliphatic heterocycles. The van der Waals surface area contributed by atoms with Crippen molar-refractivity contribution in [1.82, 2.24) is 5.32 Å². The van der Waals surface area contributed by atoms with E-state index in [0.717, 1.165) is 42.8 Å². The van der Waals surface area contributed by atoms with E-state index in [0.29, 0.717) is 6.04 Å². The Morgan fingerprint density at radius 3 is 2.48 bits per heavy atom. The van der Waals surface area contributed by atoms with Gasteiger partial charge < -0.3 is 16.0 Å². The Morgan fingerprint density at radius 1 is 1.18 bits per heavy atom. The molecule has 0 bridgehead atoms. The van der Waals surface area contributed by atoms with Crippen molar-refractivity contribution in [2.24, 2.45) is 0 Å².